The highest BCUT2D eigenvalue weighted by molar-refractivity contribution is 7.89. The minimum atomic E-state index is -3.49. The minimum absolute atomic E-state index is 0.277. The van der Waals surface area contributed by atoms with Gasteiger partial charge in [0.1, 0.15) is 5.75 Å². The molecule has 0 atom stereocenters. The molecule has 0 bridgehead atoms. The predicted molar refractivity (Wildman–Crippen MR) is 116 cm³/mol. The van der Waals surface area contributed by atoms with Crippen LogP contribution in [0.15, 0.2) is 53.6 Å². The third-order valence-electron chi connectivity index (χ3n) is 5.58. The third-order valence-corrected chi connectivity index (χ3v) is 7.73. The lowest BCUT2D eigenvalue weighted by Gasteiger charge is -2.32. The second kappa shape index (κ2) is 8.01. The van der Waals surface area contributed by atoms with E-state index >= 15 is 0 Å². The summed E-state index contributed by atoms with van der Waals surface area (Å²) in [4.78, 5) is 0.316. The fourth-order valence-corrected chi connectivity index (χ4v) is 5.73. The summed E-state index contributed by atoms with van der Waals surface area (Å²) in [6.45, 7) is 5.55. The molecule has 0 saturated carbocycles. The molecule has 2 heterocycles. The van der Waals surface area contributed by atoms with Crippen LogP contribution in [0.4, 0.5) is 0 Å². The van der Waals surface area contributed by atoms with Crippen molar-refractivity contribution >= 4 is 32.5 Å². The van der Waals surface area contributed by atoms with Gasteiger partial charge < -0.3 is 9.30 Å². The Morgan fingerprint density at radius 2 is 1.79 bits per heavy atom. The van der Waals surface area contributed by atoms with Gasteiger partial charge in [-0.2, -0.15) is 4.31 Å². The van der Waals surface area contributed by atoms with E-state index in [-0.39, 0.29) is 6.04 Å². The molecule has 4 rings (SSSR count). The number of sulfonamides is 1. The van der Waals surface area contributed by atoms with Gasteiger partial charge in [-0.3, -0.25) is 0 Å². The lowest BCUT2D eigenvalue weighted by Crippen LogP contribution is -2.38. The van der Waals surface area contributed by atoms with Gasteiger partial charge in [-0.05, 0) is 74.7 Å². The van der Waals surface area contributed by atoms with E-state index in [1.165, 1.54) is 5.56 Å². The SMILES string of the molecule is CCOc1ccc(S(=O)(=O)N2CCC(n3cc(C)c4cc(Cl)ccc43)CC2)cc1. The van der Waals surface area contributed by atoms with Crippen molar-refractivity contribution in [1.82, 2.24) is 8.87 Å². The van der Waals surface area contributed by atoms with Gasteiger partial charge in [0.2, 0.25) is 10.0 Å². The standard InChI is InChI=1S/C22H25ClN2O3S/c1-3-28-19-5-7-20(8-6-19)29(26,27)24-12-10-18(11-13-24)25-15-16(2)21-14-17(23)4-9-22(21)25/h4-9,14-15,18H,3,10-13H2,1-2H3. The smallest absolute Gasteiger partial charge is 0.243 e. The first-order valence-electron chi connectivity index (χ1n) is 9.90. The Kier molecular flexibility index (Phi) is 5.60. The van der Waals surface area contributed by atoms with E-state index in [0.29, 0.717) is 30.3 Å². The van der Waals surface area contributed by atoms with Crippen molar-refractivity contribution < 1.29 is 13.2 Å². The topological polar surface area (TPSA) is 51.5 Å². The van der Waals surface area contributed by atoms with Gasteiger partial charge in [0, 0.05) is 41.3 Å². The van der Waals surface area contributed by atoms with Gasteiger partial charge in [0.15, 0.2) is 0 Å². The lowest BCUT2D eigenvalue weighted by molar-refractivity contribution is 0.277. The van der Waals surface area contributed by atoms with Crippen LogP contribution in [0.1, 0.15) is 31.4 Å². The Bertz CT molecular complexity index is 1110. The van der Waals surface area contributed by atoms with E-state index < -0.39 is 10.0 Å². The summed E-state index contributed by atoms with van der Waals surface area (Å²) in [6, 6.07) is 12.9. The number of rotatable bonds is 5. The van der Waals surface area contributed by atoms with Crippen molar-refractivity contribution in [3.05, 3.63) is 59.2 Å². The zero-order valence-electron chi connectivity index (χ0n) is 16.6. The number of ether oxygens (including phenoxy) is 1. The van der Waals surface area contributed by atoms with Crippen molar-refractivity contribution in [2.24, 2.45) is 0 Å². The fourth-order valence-electron chi connectivity index (χ4n) is 4.08. The van der Waals surface area contributed by atoms with E-state index in [4.69, 9.17) is 16.3 Å². The first-order valence-corrected chi connectivity index (χ1v) is 11.7. The maximum absolute atomic E-state index is 13.0. The van der Waals surface area contributed by atoms with Crippen molar-refractivity contribution in [2.45, 2.75) is 37.6 Å². The second-order valence-electron chi connectivity index (χ2n) is 7.42. The summed E-state index contributed by atoms with van der Waals surface area (Å²) in [6.07, 6.45) is 3.71. The van der Waals surface area contributed by atoms with E-state index in [1.807, 2.05) is 25.1 Å². The molecule has 154 valence electrons. The molecule has 1 aliphatic heterocycles. The Hall–Kier alpha value is -2.02. The summed E-state index contributed by atoms with van der Waals surface area (Å²) < 4.78 is 35.3. The highest BCUT2D eigenvalue weighted by Crippen LogP contribution is 2.33. The number of nitrogens with zero attached hydrogens (tertiary/aromatic N) is 2. The number of hydrogen-bond acceptors (Lipinski definition) is 3. The molecule has 0 spiro atoms. The molecular formula is C22H25ClN2O3S. The van der Waals surface area contributed by atoms with Gasteiger partial charge in [-0.15, -0.1) is 0 Å². The van der Waals surface area contributed by atoms with Gasteiger partial charge in [0.25, 0.3) is 0 Å². The predicted octanol–water partition coefficient (Wildman–Crippen LogP) is 5.03. The average Bonchev–Trinajstić information content (AvgIpc) is 3.05. The van der Waals surface area contributed by atoms with Crippen LogP contribution in [0.25, 0.3) is 10.9 Å². The quantitative estimate of drug-likeness (QED) is 0.568. The Balaban J connectivity index is 1.50. The van der Waals surface area contributed by atoms with Crippen LogP contribution >= 0.6 is 11.6 Å². The number of piperidine rings is 1. The van der Waals surface area contributed by atoms with Crippen LogP contribution in [0.3, 0.4) is 0 Å². The van der Waals surface area contributed by atoms with Crippen molar-refractivity contribution in [3.8, 4) is 5.75 Å². The normalized spacial score (nSPS) is 16.4. The molecule has 7 heteroatoms. The first-order chi connectivity index (χ1) is 13.9. The Labute approximate surface area is 176 Å². The van der Waals surface area contributed by atoms with Crippen LogP contribution in [0.2, 0.25) is 5.02 Å². The molecule has 0 unspecified atom stereocenters. The van der Waals surface area contributed by atoms with Gasteiger partial charge >= 0.3 is 0 Å². The largest absolute Gasteiger partial charge is 0.494 e. The summed E-state index contributed by atoms with van der Waals surface area (Å²) in [5.74, 6) is 0.681. The van der Waals surface area contributed by atoms with Crippen LogP contribution in [0, 0.1) is 6.92 Å². The van der Waals surface area contributed by atoms with Crippen LogP contribution < -0.4 is 4.74 Å². The van der Waals surface area contributed by atoms with E-state index in [9.17, 15) is 8.42 Å². The first kappa shape index (κ1) is 20.3. The number of halogens is 1. The zero-order chi connectivity index (χ0) is 20.6. The second-order valence-corrected chi connectivity index (χ2v) is 9.79. The highest BCUT2D eigenvalue weighted by Gasteiger charge is 2.30. The summed E-state index contributed by atoms with van der Waals surface area (Å²) >= 11 is 6.15. The molecule has 0 aliphatic carbocycles. The van der Waals surface area contributed by atoms with Crippen molar-refractivity contribution in [3.63, 3.8) is 0 Å². The number of fused-ring (bicyclic) bond motifs is 1. The molecule has 2 aromatic carbocycles. The third kappa shape index (κ3) is 3.89. The van der Waals surface area contributed by atoms with Gasteiger partial charge in [-0.1, -0.05) is 11.6 Å². The maximum Gasteiger partial charge on any atom is 0.243 e. The number of aromatic nitrogens is 1. The maximum atomic E-state index is 13.0. The minimum Gasteiger partial charge on any atom is -0.494 e. The van der Waals surface area contributed by atoms with Crippen LogP contribution in [-0.2, 0) is 10.0 Å². The van der Waals surface area contributed by atoms with Gasteiger partial charge in [-0.25, -0.2) is 8.42 Å². The fraction of sp³-hybridized carbons (Fsp3) is 0.364. The molecule has 0 amide bonds. The van der Waals surface area contributed by atoms with Crippen LogP contribution in [0.5, 0.6) is 5.75 Å². The number of hydrogen-bond donors (Lipinski definition) is 0. The molecule has 0 radical (unpaired) electrons. The number of benzene rings is 2. The molecule has 3 aromatic rings. The monoisotopic (exact) mass is 432 g/mol. The molecule has 29 heavy (non-hydrogen) atoms. The zero-order valence-corrected chi connectivity index (χ0v) is 18.2. The molecular weight excluding hydrogens is 408 g/mol. The summed E-state index contributed by atoms with van der Waals surface area (Å²) in [5.41, 5.74) is 2.34. The van der Waals surface area contributed by atoms with E-state index in [2.05, 4.69) is 17.7 Å². The molecule has 1 aliphatic rings. The van der Waals surface area contributed by atoms with Crippen LogP contribution in [-0.4, -0.2) is 37.0 Å². The molecule has 1 aromatic heterocycles. The Morgan fingerprint density at radius 3 is 2.45 bits per heavy atom. The van der Waals surface area contributed by atoms with Crippen molar-refractivity contribution in [1.29, 1.82) is 0 Å². The van der Waals surface area contributed by atoms with E-state index in [1.54, 1.807) is 28.6 Å². The average molecular weight is 433 g/mol. The molecule has 1 saturated heterocycles. The highest BCUT2D eigenvalue weighted by atomic mass is 35.5. The molecule has 0 N–H and O–H groups in total. The van der Waals surface area contributed by atoms with Crippen molar-refractivity contribution in [2.75, 3.05) is 19.7 Å². The Morgan fingerprint density at radius 1 is 1.10 bits per heavy atom. The van der Waals surface area contributed by atoms with Gasteiger partial charge in [0.05, 0.1) is 11.5 Å². The number of aryl methyl sites for hydroxylation is 1. The summed E-state index contributed by atoms with van der Waals surface area (Å²) in [7, 11) is -3.49. The lowest BCUT2D eigenvalue weighted by atomic mass is 10.1. The molecule has 5 nitrogen and oxygen atoms in total. The molecule has 1 fully saturated rings. The van der Waals surface area contributed by atoms with E-state index in [0.717, 1.165) is 28.8 Å². The summed E-state index contributed by atoms with van der Waals surface area (Å²) in [5, 5.41) is 1.89.